The van der Waals surface area contributed by atoms with Crippen molar-refractivity contribution < 1.29 is 18.6 Å². The van der Waals surface area contributed by atoms with Gasteiger partial charge in [0.15, 0.2) is 0 Å². The molecule has 0 N–H and O–H groups in total. The Morgan fingerprint density at radius 1 is 1.25 bits per heavy atom. The zero-order chi connectivity index (χ0) is 8.74. The van der Waals surface area contributed by atoms with Crippen molar-refractivity contribution in [1.29, 1.82) is 0 Å². The third-order valence-corrected chi connectivity index (χ3v) is 1.42. The van der Waals surface area contributed by atoms with E-state index in [1.165, 1.54) is 0 Å². The van der Waals surface area contributed by atoms with Crippen LogP contribution >= 0.6 is 8.69 Å². The molecule has 0 atom stereocenters. The maximum atomic E-state index is 10.1. The van der Waals surface area contributed by atoms with Crippen LogP contribution in [0.15, 0.2) is 0 Å². The van der Waals surface area contributed by atoms with E-state index in [4.69, 9.17) is 9.47 Å². The Morgan fingerprint density at radius 3 is 1.92 bits per heavy atom. The van der Waals surface area contributed by atoms with Gasteiger partial charge in [-0.25, -0.2) is 9.09 Å². The summed E-state index contributed by atoms with van der Waals surface area (Å²) in [4.78, 5) is 0. The van der Waals surface area contributed by atoms with Gasteiger partial charge in [-0.05, 0) is 13.8 Å². The fourth-order valence-corrected chi connectivity index (χ4v) is 0.927. The van der Waals surface area contributed by atoms with E-state index in [0.717, 1.165) is 0 Å². The van der Waals surface area contributed by atoms with Crippen LogP contribution in [0.25, 0.3) is 0 Å². The first kappa shape index (κ1) is 15.5. The summed E-state index contributed by atoms with van der Waals surface area (Å²) in [7, 11) is -0.441. The van der Waals surface area contributed by atoms with E-state index in [1.807, 2.05) is 13.8 Å². The number of hydrogen-bond donors (Lipinski definition) is 0. The van der Waals surface area contributed by atoms with Crippen molar-refractivity contribution in [2.45, 2.75) is 26.7 Å². The third kappa shape index (κ3) is 6.49. The Balaban J connectivity index is 0. The average molecular weight is 204 g/mol. The van der Waals surface area contributed by atoms with Gasteiger partial charge < -0.3 is 9.47 Å². The molecule has 0 fully saturated rings. The molecule has 0 spiro atoms. The van der Waals surface area contributed by atoms with Crippen LogP contribution in [0.1, 0.15) is 20.8 Å². The molecule has 68 valence electrons. The van der Waals surface area contributed by atoms with E-state index < -0.39 is 14.7 Å². The second-order valence-electron chi connectivity index (χ2n) is 1.89. The molecule has 0 amide bonds. The van der Waals surface area contributed by atoms with Crippen LogP contribution in [-0.4, -0.2) is 48.7 Å². The molecule has 0 aliphatic heterocycles. The Kier molecular flexibility index (Phi) is 11.0. The van der Waals surface area contributed by atoms with E-state index in [1.54, 1.807) is 6.92 Å². The van der Waals surface area contributed by atoms with E-state index in [-0.39, 0.29) is 29.6 Å². The van der Waals surface area contributed by atoms with Crippen LogP contribution in [0.3, 0.4) is 0 Å². The van der Waals surface area contributed by atoms with Gasteiger partial charge in [0, 0.05) is 20.1 Å². The van der Waals surface area contributed by atoms with Crippen LogP contribution in [0.5, 0.6) is 0 Å². The quantitative estimate of drug-likeness (QED) is 0.371. The van der Waals surface area contributed by atoms with Gasteiger partial charge in [-0.1, -0.05) is 0 Å². The van der Waals surface area contributed by atoms with Crippen LogP contribution in [0.4, 0.5) is 0 Å². The van der Waals surface area contributed by atoms with Gasteiger partial charge in [0.05, 0.1) is 0 Å². The molecule has 0 aromatic carbocycles. The molecule has 12 heavy (non-hydrogen) atoms. The Bertz CT molecular complexity index is 116. The first-order chi connectivity index (χ1) is 5.18. The van der Waals surface area contributed by atoms with Crippen molar-refractivity contribution in [1.82, 2.24) is 0 Å². The van der Waals surface area contributed by atoms with Crippen LogP contribution in [0, 0.1) is 0 Å². The molecule has 0 bridgehead atoms. The first-order valence-electron chi connectivity index (χ1n) is 3.47. The predicted octanol–water partition coefficient (Wildman–Crippen LogP) is 1.31. The van der Waals surface area contributed by atoms with Crippen molar-refractivity contribution in [3.8, 4) is 0 Å². The van der Waals surface area contributed by atoms with Crippen molar-refractivity contribution in [2.24, 2.45) is 0 Å². The van der Waals surface area contributed by atoms with Gasteiger partial charge in [0.1, 0.15) is 0 Å². The molecule has 0 aromatic heterocycles. The predicted molar refractivity (Wildman–Crippen MR) is 47.5 cm³/mol. The monoisotopic (exact) mass is 204 g/mol. The Labute approximate surface area is 96.5 Å². The number of ether oxygens (including phenoxy) is 2. The fraction of sp³-hybridized carbons (Fsp3) is 1.00. The van der Waals surface area contributed by atoms with E-state index >= 15 is 0 Å². The molecule has 0 saturated heterocycles. The van der Waals surface area contributed by atoms with Crippen LogP contribution < -0.4 is 0 Å². The summed E-state index contributed by atoms with van der Waals surface area (Å²) in [5.74, 6) is -1.17. The zero-order valence-electron chi connectivity index (χ0n) is 6.99. The van der Waals surface area contributed by atoms with Gasteiger partial charge in [-0.15, -0.1) is 0 Å². The van der Waals surface area contributed by atoms with Crippen molar-refractivity contribution in [3.05, 3.63) is 0 Å². The third-order valence-electron chi connectivity index (χ3n) is 1.02. The summed E-state index contributed by atoms with van der Waals surface area (Å²) in [6, 6.07) is 0. The second-order valence-corrected chi connectivity index (χ2v) is 2.23. The summed E-state index contributed by atoms with van der Waals surface area (Å²) in [6.07, 6.45) is 0. The van der Waals surface area contributed by atoms with Crippen LogP contribution in [0.2, 0.25) is 0 Å². The summed E-state index contributed by atoms with van der Waals surface area (Å²) in [5, 5.41) is 0. The van der Waals surface area contributed by atoms with Gasteiger partial charge in [0.25, 0.3) is 5.97 Å². The molecule has 0 aliphatic carbocycles. The molecule has 0 aliphatic rings. The zero-order valence-corrected chi connectivity index (χ0v) is 7.89. The van der Waals surface area contributed by atoms with E-state index in [2.05, 4.69) is 4.52 Å². The molecule has 0 heterocycles. The van der Waals surface area contributed by atoms with Crippen LogP contribution in [-0.2, 0) is 18.6 Å². The minimum atomic E-state index is -1.17. The van der Waals surface area contributed by atoms with E-state index in [9.17, 15) is 4.57 Å². The van der Waals surface area contributed by atoms with Crippen molar-refractivity contribution in [2.75, 3.05) is 13.2 Å². The Morgan fingerprint density at radius 2 is 1.67 bits per heavy atom. The molecule has 4 nitrogen and oxygen atoms in total. The van der Waals surface area contributed by atoms with Crippen molar-refractivity contribution >= 4 is 38.2 Å². The van der Waals surface area contributed by atoms with Crippen molar-refractivity contribution in [3.63, 3.8) is 0 Å². The maximum absolute atomic E-state index is 10.1. The molecule has 0 unspecified atom stereocenters. The Hall–Kier alpha value is 0.980. The molecule has 0 radical (unpaired) electrons. The van der Waals surface area contributed by atoms with Gasteiger partial charge >= 0.3 is 38.2 Å². The summed E-state index contributed by atoms with van der Waals surface area (Å²) in [5.41, 5.74) is 0. The van der Waals surface area contributed by atoms with Gasteiger partial charge in [-0.3, -0.25) is 0 Å². The molecule has 0 rings (SSSR count). The molecule has 6 heteroatoms. The first-order valence-corrected chi connectivity index (χ1v) is 4.20. The topological polar surface area (TPSA) is 44.8 Å². The average Bonchev–Trinajstić information content (AvgIpc) is 1.88. The summed E-state index contributed by atoms with van der Waals surface area (Å²) < 4.78 is 24.9. The molecule has 0 aromatic rings. The number of rotatable bonds is 6. The summed E-state index contributed by atoms with van der Waals surface area (Å²) in [6.45, 7) is 6.09. The summed E-state index contributed by atoms with van der Waals surface area (Å²) >= 11 is 0. The minimum absolute atomic E-state index is 0. The van der Waals surface area contributed by atoms with Gasteiger partial charge in [-0.2, -0.15) is 0 Å². The molecular formula is C6H14NaO4P. The normalized spacial score (nSPS) is 11.2. The fourth-order valence-electron chi connectivity index (χ4n) is 0.686. The molecular weight excluding hydrogens is 190 g/mol. The second kappa shape index (κ2) is 8.57. The standard InChI is InChI=1S/C6H13O4P.Na.H/c1-4-8-6(3,9-5-2)10-11-7;;/h4-5H2,1-3H3;;. The van der Waals surface area contributed by atoms with E-state index in [0.29, 0.717) is 13.2 Å². The number of hydrogen-bond acceptors (Lipinski definition) is 4. The van der Waals surface area contributed by atoms with Gasteiger partial charge in [0.2, 0.25) is 0 Å². The SMILES string of the molecule is CCOC(C)(OCC)OP=O.[NaH]. The molecule has 0 saturated carbocycles.